The van der Waals surface area contributed by atoms with Gasteiger partial charge < -0.3 is 5.11 Å². The van der Waals surface area contributed by atoms with E-state index in [1.54, 1.807) is 6.92 Å². The molecule has 15 heavy (non-hydrogen) atoms. The van der Waals surface area contributed by atoms with E-state index in [0.29, 0.717) is 0 Å². The number of carbonyl (C=O) groups is 1. The molecule has 0 radical (unpaired) electrons. The highest BCUT2D eigenvalue weighted by Gasteiger charge is 2.47. The Morgan fingerprint density at radius 2 is 1.93 bits per heavy atom. The van der Waals surface area contributed by atoms with Crippen LogP contribution in [0.15, 0.2) is 0 Å². The zero-order valence-electron chi connectivity index (χ0n) is 10.6. The van der Waals surface area contributed by atoms with Gasteiger partial charge in [-0.15, -0.1) is 0 Å². The van der Waals surface area contributed by atoms with E-state index >= 15 is 0 Å². The molecule has 1 aliphatic rings. The largest absolute Gasteiger partial charge is 0.390 e. The summed E-state index contributed by atoms with van der Waals surface area (Å²) < 4.78 is 0. The van der Waals surface area contributed by atoms with E-state index in [4.69, 9.17) is 0 Å². The molecular weight excluding hydrogens is 188 g/mol. The van der Waals surface area contributed by atoms with Crippen LogP contribution in [0, 0.1) is 17.3 Å². The predicted octanol–water partition coefficient (Wildman–Crippen LogP) is 2.79. The number of ketones is 1. The number of carbonyl (C=O) groups excluding carboxylic acids is 1. The van der Waals surface area contributed by atoms with E-state index < -0.39 is 5.60 Å². The van der Waals surface area contributed by atoms with Crippen molar-refractivity contribution in [1.82, 2.24) is 0 Å². The quantitative estimate of drug-likeness (QED) is 0.764. The third-order valence-corrected chi connectivity index (χ3v) is 4.14. The first-order valence-electron chi connectivity index (χ1n) is 5.92. The van der Waals surface area contributed by atoms with E-state index in [1.807, 2.05) is 0 Å². The summed E-state index contributed by atoms with van der Waals surface area (Å²) >= 11 is 0. The number of Topliss-reactive ketones (excluding diaryl/α,β-unsaturated/α-hetero) is 1. The van der Waals surface area contributed by atoms with Crippen molar-refractivity contribution in [3.63, 3.8) is 0 Å². The van der Waals surface area contributed by atoms with Gasteiger partial charge in [0.2, 0.25) is 0 Å². The van der Waals surface area contributed by atoms with E-state index in [0.717, 1.165) is 19.3 Å². The number of hydrogen-bond donors (Lipinski definition) is 1. The Morgan fingerprint density at radius 1 is 1.40 bits per heavy atom. The number of rotatable bonds is 2. The van der Waals surface area contributed by atoms with E-state index in [1.165, 1.54) is 0 Å². The maximum absolute atomic E-state index is 11.5. The molecule has 1 rings (SSSR count). The molecule has 0 saturated heterocycles. The van der Waals surface area contributed by atoms with Crippen molar-refractivity contribution in [2.75, 3.05) is 0 Å². The number of aliphatic hydroxyl groups is 1. The van der Waals surface area contributed by atoms with Crippen molar-refractivity contribution in [1.29, 1.82) is 0 Å². The van der Waals surface area contributed by atoms with Gasteiger partial charge in [-0.1, -0.05) is 27.7 Å². The van der Waals surface area contributed by atoms with Gasteiger partial charge in [-0.2, -0.15) is 0 Å². The first-order valence-corrected chi connectivity index (χ1v) is 5.92. The zero-order valence-corrected chi connectivity index (χ0v) is 10.6. The van der Waals surface area contributed by atoms with Crippen molar-refractivity contribution in [3.05, 3.63) is 0 Å². The fraction of sp³-hybridized carbons (Fsp3) is 0.923. The van der Waals surface area contributed by atoms with Gasteiger partial charge in [0, 0.05) is 5.92 Å². The van der Waals surface area contributed by atoms with E-state index in [-0.39, 0.29) is 23.0 Å². The van der Waals surface area contributed by atoms with Gasteiger partial charge in [0.25, 0.3) is 0 Å². The minimum atomic E-state index is -0.574. The second-order valence-corrected chi connectivity index (χ2v) is 6.13. The minimum absolute atomic E-state index is 0.0664. The Morgan fingerprint density at radius 3 is 2.27 bits per heavy atom. The van der Waals surface area contributed by atoms with Crippen molar-refractivity contribution in [2.45, 2.75) is 59.5 Å². The van der Waals surface area contributed by atoms with Gasteiger partial charge >= 0.3 is 0 Å². The summed E-state index contributed by atoms with van der Waals surface area (Å²) in [5.41, 5.74) is -0.640. The first-order chi connectivity index (χ1) is 6.69. The second kappa shape index (κ2) is 3.89. The Labute approximate surface area is 93.1 Å². The zero-order chi connectivity index (χ0) is 11.9. The van der Waals surface area contributed by atoms with E-state index in [2.05, 4.69) is 27.7 Å². The lowest BCUT2D eigenvalue weighted by Crippen LogP contribution is -2.48. The summed E-state index contributed by atoms with van der Waals surface area (Å²) in [5, 5.41) is 10.5. The van der Waals surface area contributed by atoms with Crippen molar-refractivity contribution in [2.24, 2.45) is 17.3 Å². The smallest absolute Gasteiger partial charge is 0.133 e. The third kappa shape index (κ3) is 2.41. The molecule has 0 bridgehead atoms. The summed E-state index contributed by atoms with van der Waals surface area (Å²) in [6.45, 7) is 10.00. The van der Waals surface area contributed by atoms with Gasteiger partial charge in [0.1, 0.15) is 5.78 Å². The maximum Gasteiger partial charge on any atom is 0.133 e. The summed E-state index contributed by atoms with van der Waals surface area (Å²) in [7, 11) is 0. The Kier molecular flexibility index (Phi) is 3.30. The first kappa shape index (κ1) is 12.7. The molecule has 1 saturated carbocycles. The molecule has 1 aliphatic carbocycles. The molecule has 1 N–H and O–H groups in total. The molecule has 0 unspecified atom stereocenters. The van der Waals surface area contributed by atoms with Gasteiger partial charge in [0.15, 0.2) is 0 Å². The van der Waals surface area contributed by atoms with Crippen molar-refractivity contribution >= 4 is 5.78 Å². The van der Waals surface area contributed by atoms with Gasteiger partial charge in [0.05, 0.1) is 5.60 Å². The predicted molar refractivity (Wildman–Crippen MR) is 61.6 cm³/mol. The topological polar surface area (TPSA) is 37.3 Å². The highest BCUT2D eigenvalue weighted by molar-refractivity contribution is 5.79. The molecule has 0 spiro atoms. The second-order valence-electron chi connectivity index (χ2n) is 6.13. The van der Waals surface area contributed by atoms with Crippen molar-refractivity contribution in [3.8, 4) is 0 Å². The summed E-state index contributed by atoms with van der Waals surface area (Å²) in [6, 6.07) is 0. The van der Waals surface area contributed by atoms with Crippen LogP contribution in [0.5, 0.6) is 0 Å². The lowest BCUT2D eigenvalue weighted by Gasteiger charge is -2.47. The summed E-state index contributed by atoms with van der Waals surface area (Å²) in [5.74, 6) is 0.659. The van der Waals surface area contributed by atoms with E-state index in [9.17, 15) is 9.90 Å². The van der Waals surface area contributed by atoms with Crippen LogP contribution >= 0.6 is 0 Å². The molecule has 2 heteroatoms. The Bertz CT molecular complexity index is 255. The monoisotopic (exact) mass is 212 g/mol. The van der Waals surface area contributed by atoms with Gasteiger partial charge in [-0.05, 0) is 37.5 Å². The molecule has 2 atom stereocenters. The highest BCUT2D eigenvalue weighted by Crippen LogP contribution is 2.48. The minimum Gasteiger partial charge on any atom is -0.390 e. The summed E-state index contributed by atoms with van der Waals surface area (Å²) in [4.78, 5) is 11.5. The molecule has 0 aliphatic heterocycles. The number of hydrogen-bond acceptors (Lipinski definition) is 2. The third-order valence-electron chi connectivity index (χ3n) is 4.14. The molecular formula is C13H24O2. The van der Waals surface area contributed by atoms with Gasteiger partial charge in [-0.25, -0.2) is 0 Å². The fourth-order valence-corrected chi connectivity index (χ4v) is 3.03. The Hall–Kier alpha value is -0.370. The van der Waals surface area contributed by atoms with Crippen LogP contribution in [0.25, 0.3) is 0 Å². The van der Waals surface area contributed by atoms with Crippen LogP contribution < -0.4 is 0 Å². The van der Waals surface area contributed by atoms with Crippen LogP contribution in [0.2, 0.25) is 0 Å². The van der Waals surface area contributed by atoms with Crippen LogP contribution in [-0.2, 0) is 4.79 Å². The molecule has 0 aromatic heterocycles. The van der Waals surface area contributed by atoms with Crippen LogP contribution in [0.1, 0.15) is 53.9 Å². The SMILES string of the molecule is CC(=O)[C@H]1CC[C@](O)(C(C)C)CC1(C)C. The fourth-order valence-electron chi connectivity index (χ4n) is 3.03. The normalized spacial score (nSPS) is 35.5. The maximum atomic E-state index is 11.5. The van der Waals surface area contributed by atoms with Crippen molar-refractivity contribution < 1.29 is 9.90 Å². The van der Waals surface area contributed by atoms with Crippen LogP contribution in [0.4, 0.5) is 0 Å². The highest BCUT2D eigenvalue weighted by atomic mass is 16.3. The van der Waals surface area contributed by atoms with Crippen LogP contribution in [-0.4, -0.2) is 16.5 Å². The average molecular weight is 212 g/mol. The lowest BCUT2D eigenvalue weighted by atomic mass is 9.60. The molecule has 0 heterocycles. The molecule has 2 nitrogen and oxygen atoms in total. The molecule has 0 aromatic rings. The standard InChI is InChI=1S/C13H24O2/c1-9(2)13(15)7-6-11(10(3)14)12(4,5)8-13/h9,11,15H,6-8H2,1-5H3/t11-,13-/m1/s1. The molecule has 0 amide bonds. The Balaban J connectivity index is 2.85. The van der Waals surface area contributed by atoms with Crippen LogP contribution in [0.3, 0.4) is 0 Å². The van der Waals surface area contributed by atoms with Gasteiger partial charge in [-0.3, -0.25) is 4.79 Å². The lowest BCUT2D eigenvalue weighted by molar-refractivity contribution is -0.136. The molecule has 88 valence electrons. The molecule has 0 aromatic carbocycles. The summed E-state index contributed by atoms with van der Waals surface area (Å²) in [6.07, 6.45) is 2.33. The molecule has 1 fully saturated rings. The average Bonchev–Trinajstić information content (AvgIpc) is 2.00.